The van der Waals surface area contributed by atoms with Gasteiger partial charge in [0.25, 0.3) is 0 Å². The Morgan fingerprint density at radius 3 is 2.68 bits per heavy atom. The van der Waals surface area contributed by atoms with E-state index in [1.165, 1.54) is 0 Å². The van der Waals surface area contributed by atoms with Crippen molar-refractivity contribution in [2.24, 2.45) is 10.2 Å². The Morgan fingerprint density at radius 2 is 1.96 bits per heavy atom. The van der Waals surface area contributed by atoms with E-state index in [0.29, 0.717) is 28.6 Å². The molecule has 0 unspecified atom stereocenters. The average Bonchev–Trinajstić information content (AvgIpc) is 2.88. The standard InChI is InChI=1S/C18H18N4O3/c1-11-4-5-15(25-3)13(8-11)20-21-18-14(10-17(23)24)19-16-9-12(2)6-7-22(16)18/h4-9H,10H2,1-3H3,(H,23,24). The minimum absolute atomic E-state index is 0.222. The molecule has 0 saturated heterocycles. The summed E-state index contributed by atoms with van der Waals surface area (Å²) in [5.41, 5.74) is 3.64. The molecule has 25 heavy (non-hydrogen) atoms. The van der Waals surface area contributed by atoms with Crippen LogP contribution in [0.4, 0.5) is 11.5 Å². The van der Waals surface area contributed by atoms with Crippen LogP contribution in [0.25, 0.3) is 5.65 Å². The number of rotatable bonds is 5. The van der Waals surface area contributed by atoms with E-state index >= 15 is 0 Å². The molecule has 0 aliphatic carbocycles. The maximum atomic E-state index is 11.1. The number of nitrogens with zero attached hydrogens (tertiary/aromatic N) is 4. The monoisotopic (exact) mass is 338 g/mol. The Hall–Kier alpha value is -3.22. The molecule has 2 heterocycles. The van der Waals surface area contributed by atoms with Crippen molar-refractivity contribution in [2.75, 3.05) is 7.11 Å². The van der Waals surface area contributed by atoms with Crippen molar-refractivity contribution in [1.29, 1.82) is 0 Å². The highest BCUT2D eigenvalue weighted by atomic mass is 16.5. The summed E-state index contributed by atoms with van der Waals surface area (Å²) in [5.74, 6) is 0.0319. The van der Waals surface area contributed by atoms with E-state index in [1.54, 1.807) is 11.5 Å². The third-order valence-electron chi connectivity index (χ3n) is 3.73. The lowest BCUT2D eigenvalue weighted by atomic mass is 10.2. The number of aryl methyl sites for hydroxylation is 2. The van der Waals surface area contributed by atoms with Crippen LogP contribution in [0, 0.1) is 13.8 Å². The summed E-state index contributed by atoms with van der Waals surface area (Å²) in [6, 6.07) is 9.38. The second-order valence-electron chi connectivity index (χ2n) is 5.76. The van der Waals surface area contributed by atoms with E-state index in [-0.39, 0.29) is 6.42 Å². The lowest BCUT2D eigenvalue weighted by Gasteiger charge is -2.04. The number of imidazole rings is 1. The lowest BCUT2D eigenvalue weighted by molar-refractivity contribution is -0.136. The molecule has 0 saturated carbocycles. The van der Waals surface area contributed by atoms with Gasteiger partial charge >= 0.3 is 5.97 Å². The molecule has 1 aromatic carbocycles. The fraction of sp³-hybridized carbons (Fsp3) is 0.222. The zero-order chi connectivity index (χ0) is 18.0. The highest BCUT2D eigenvalue weighted by molar-refractivity contribution is 5.72. The minimum Gasteiger partial charge on any atom is -0.494 e. The Kier molecular flexibility index (Phi) is 4.47. The van der Waals surface area contributed by atoms with Crippen molar-refractivity contribution >= 4 is 23.1 Å². The van der Waals surface area contributed by atoms with Crippen molar-refractivity contribution in [3.05, 3.63) is 53.3 Å². The number of aromatic nitrogens is 2. The largest absolute Gasteiger partial charge is 0.494 e. The van der Waals surface area contributed by atoms with Crippen LogP contribution in [0.2, 0.25) is 0 Å². The van der Waals surface area contributed by atoms with E-state index in [2.05, 4.69) is 15.2 Å². The van der Waals surface area contributed by atoms with Crippen LogP contribution in [0.5, 0.6) is 5.75 Å². The number of benzene rings is 1. The van der Waals surface area contributed by atoms with E-state index in [0.717, 1.165) is 11.1 Å². The molecular formula is C18H18N4O3. The van der Waals surface area contributed by atoms with Gasteiger partial charge in [-0.05, 0) is 49.2 Å². The molecule has 1 N–H and O–H groups in total. The molecular weight excluding hydrogens is 320 g/mol. The second-order valence-corrected chi connectivity index (χ2v) is 5.76. The van der Waals surface area contributed by atoms with Gasteiger partial charge in [0.15, 0.2) is 5.82 Å². The van der Waals surface area contributed by atoms with Gasteiger partial charge in [0.05, 0.1) is 19.2 Å². The molecule has 0 atom stereocenters. The number of ether oxygens (including phenoxy) is 1. The molecule has 0 amide bonds. The Labute approximate surface area is 144 Å². The predicted molar refractivity (Wildman–Crippen MR) is 93.2 cm³/mol. The van der Waals surface area contributed by atoms with Gasteiger partial charge in [0.1, 0.15) is 17.1 Å². The summed E-state index contributed by atoms with van der Waals surface area (Å²) in [6.45, 7) is 3.90. The van der Waals surface area contributed by atoms with Crippen LogP contribution in [0.3, 0.4) is 0 Å². The van der Waals surface area contributed by atoms with Gasteiger partial charge < -0.3 is 9.84 Å². The number of azo groups is 1. The molecule has 7 heteroatoms. The van der Waals surface area contributed by atoms with Crippen molar-refractivity contribution in [3.63, 3.8) is 0 Å². The first-order valence-corrected chi connectivity index (χ1v) is 7.73. The Morgan fingerprint density at radius 1 is 1.20 bits per heavy atom. The van der Waals surface area contributed by atoms with Gasteiger partial charge in [-0.1, -0.05) is 6.07 Å². The second kappa shape index (κ2) is 6.72. The fourth-order valence-electron chi connectivity index (χ4n) is 2.53. The number of aliphatic carboxylic acids is 1. The van der Waals surface area contributed by atoms with Crippen LogP contribution in [0.15, 0.2) is 46.8 Å². The smallest absolute Gasteiger partial charge is 0.309 e. The van der Waals surface area contributed by atoms with Crippen molar-refractivity contribution in [3.8, 4) is 5.75 Å². The maximum Gasteiger partial charge on any atom is 0.309 e. The number of fused-ring (bicyclic) bond motifs is 1. The van der Waals surface area contributed by atoms with E-state index in [4.69, 9.17) is 9.84 Å². The summed E-state index contributed by atoms with van der Waals surface area (Å²) < 4.78 is 7.03. The van der Waals surface area contributed by atoms with Gasteiger partial charge in [-0.15, -0.1) is 10.2 Å². The molecule has 0 fully saturated rings. The van der Waals surface area contributed by atoms with Crippen LogP contribution in [0.1, 0.15) is 16.8 Å². The summed E-state index contributed by atoms with van der Waals surface area (Å²) in [4.78, 5) is 15.5. The van der Waals surface area contributed by atoms with E-state index in [9.17, 15) is 4.79 Å². The van der Waals surface area contributed by atoms with Gasteiger partial charge in [0, 0.05) is 6.20 Å². The minimum atomic E-state index is -0.968. The molecule has 0 aliphatic rings. The topological polar surface area (TPSA) is 88.5 Å². The molecule has 3 rings (SSSR count). The van der Waals surface area contributed by atoms with E-state index < -0.39 is 5.97 Å². The Balaban J connectivity index is 2.11. The number of methoxy groups -OCH3 is 1. The van der Waals surface area contributed by atoms with Crippen LogP contribution in [-0.4, -0.2) is 27.6 Å². The average molecular weight is 338 g/mol. The van der Waals surface area contributed by atoms with Crippen LogP contribution >= 0.6 is 0 Å². The summed E-state index contributed by atoms with van der Waals surface area (Å²) in [6.07, 6.45) is 1.59. The number of hydrogen-bond acceptors (Lipinski definition) is 5. The van der Waals surface area contributed by atoms with Crippen molar-refractivity contribution in [1.82, 2.24) is 9.38 Å². The van der Waals surface area contributed by atoms with Gasteiger partial charge in [-0.2, -0.15) is 0 Å². The molecule has 0 bridgehead atoms. The first-order chi connectivity index (χ1) is 12.0. The number of pyridine rings is 1. The first kappa shape index (κ1) is 16.6. The molecule has 3 aromatic rings. The number of carboxylic acids is 1. The number of carbonyl (C=O) groups is 1. The van der Waals surface area contributed by atoms with Crippen LogP contribution in [-0.2, 0) is 11.2 Å². The van der Waals surface area contributed by atoms with Crippen molar-refractivity contribution < 1.29 is 14.6 Å². The zero-order valence-corrected chi connectivity index (χ0v) is 14.2. The van der Waals surface area contributed by atoms with Gasteiger partial charge in [-0.25, -0.2) is 4.98 Å². The quantitative estimate of drug-likeness (QED) is 0.712. The molecule has 128 valence electrons. The molecule has 0 aliphatic heterocycles. The number of hydrogen-bond donors (Lipinski definition) is 1. The lowest BCUT2D eigenvalue weighted by Crippen LogP contribution is -2.00. The van der Waals surface area contributed by atoms with E-state index in [1.807, 2.05) is 50.4 Å². The normalized spacial score (nSPS) is 11.3. The summed E-state index contributed by atoms with van der Waals surface area (Å²) in [5, 5.41) is 17.7. The molecule has 0 spiro atoms. The Bertz CT molecular complexity index is 976. The van der Waals surface area contributed by atoms with Gasteiger partial charge in [0.2, 0.25) is 0 Å². The number of carboxylic acid groups (broad SMARTS) is 1. The first-order valence-electron chi connectivity index (χ1n) is 7.73. The molecule has 2 aromatic heterocycles. The third kappa shape index (κ3) is 3.50. The third-order valence-corrected chi connectivity index (χ3v) is 3.73. The van der Waals surface area contributed by atoms with Gasteiger partial charge in [-0.3, -0.25) is 9.20 Å². The van der Waals surface area contributed by atoms with Crippen LogP contribution < -0.4 is 4.74 Å². The molecule has 7 nitrogen and oxygen atoms in total. The molecule has 0 radical (unpaired) electrons. The SMILES string of the molecule is COc1ccc(C)cc1N=Nc1c(CC(=O)O)nc2cc(C)ccn12. The zero-order valence-electron chi connectivity index (χ0n) is 14.2. The summed E-state index contributed by atoms with van der Waals surface area (Å²) in [7, 11) is 1.57. The summed E-state index contributed by atoms with van der Waals surface area (Å²) >= 11 is 0. The fourth-order valence-corrected chi connectivity index (χ4v) is 2.53. The highest BCUT2D eigenvalue weighted by Crippen LogP contribution is 2.31. The van der Waals surface area contributed by atoms with Crippen molar-refractivity contribution in [2.45, 2.75) is 20.3 Å². The maximum absolute atomic E-state index is 11.1. The predicted octanol–water partition coefficient (Wildman–Crippen LogP) is 4.00. The highest BCUT2D eigenvalue weighted by Gasteiger charge is 2.15.